The zero-order chi connectivity index (χ0) is 25.0. The molecule has 194 valence electrons. The number of aliphatic hydroxyl groups is 2. The Morgan fingerprint density at radius 2 is 1.91 bits per heavy atom. The van der Waals surface area contributed by atoms with Gasteiger partial charge in [0.15, 0.2) is 6.61 Å². The molecule has 5 aliphatic rings. The molecule has 0 aromatic heterocycles. The maximum absolute atomic E-state index is 12.6. The molecule has 0 aromatic rings. The van der Waals surface area contributed by atoms with Crippen LogP contribution in [0.4, 0.5) is 0 Å². The van der Waals surface area contributed by atoms with Crippen molar-refractivity contribution in [2.24, 2.45) is 33.7 Å². The fraction of sp³-hybridized carbons (Fsp3) is 0.815. The van der Waals surface area contributed by atoms with E-state index >= 15 is 0 Å². The molecule has 8 heteroatoms. The molecule has 1 heterocycles. The summed E-state index contributed by atoms with van der Waals surface area (Å²) in [5.41, 5.74) is 2.59. The van der Waals surface area contributed by atoms with Gasteiger partial charge in [0.1, 0.15) is 6.04 Å². The van der Waals surface area contributed by atoms with Crippen LogP contribution in [-0.2, 0) is 19.2 Å². The molecule has 0 spiro atoms. The maximum atomic E-state index is 12.6. The number of carbonyl (C=O) groups is 2. The van der Waals surface area contributed by atoms with Crippen molar-refractivity contribution in [1.82, 2.24) is 4.90 Å². The fourth-order valence-corrected chi connectivity index (χ4v) is 8.32. The standard InChI is InChI=1S/C27H40N2O6/c1-26-10-8-17(28-35-15-24(32)29-14-18(30)13-22(29)25(33)34-3)12-16(26)4-5-19-20-6-7-23(31)27(20,2)11-9-21(19)26/h12,18-23,30-31H,4-11,13-15H2,1-3H3/t18-,19+,20-,21-,22-,23-,26-,27-/m0/s1. The lowest BCUT2D eigenvalue weighted by Crippen LogP contribution is -2.51. The third-order valence-electron chi connectivity index (χ3n) is 10.4. The van der Waals surface area contributed by atoms with E-state index in [0.717, 1.165) is 44.2 Å². The van der Waals surface area contributed by atoms with Crippen molar-refractivity contribution in [1.29, 1.82) is 0 Å². The van der Waals surface area contributed by atoms with Gasteiger partial charge in [0.05, 0.1) is 25.0 Å². The molecule has 8 atom stereocenters. The number of fused-ring (bicyclic) bond motifs is 5. The van der Waals surface area contributed by atoms with Crippen LogP contribution < -0.4 is 0 Å². The second kappa shape index (κ2) is 9.18. The largest absolute Gasteiger partial charge is 0.467 e. The predicted octanol–water partition coefficient (Wildman–Crippen LogP) is 2.82. The lowest BCUT2D eigenvalue weighted by atomic mass is 9.47. The first kappa shape index (κ1) is 24.8. The minimum Gasteiger partial charge on any atom is -0.467 e. The van der Waals surface area contributed by atoms with Gasteiger partial charge in [0, 0.05) is 13.0 Å². The zero-order valence-electron chi connectivity index (χ0n) is 21.2. The number of methoxy groups -OCH3 is 1. The third-order valence-corrected chi connectivity index (χ3v) is 10.4. The number of rotatable bonds is 4. The average molecular weight is 489 g/mol. The van der Waals surface area contributed by atoms with Crippen molar-refractivity contribution in [3.8, 4) is 0 Å². The van der Waals surface area contributed by atoms with Crippen LogP contribution in [0.3, 0.4) is 0 Å². The van der Waals surface area contributed by atoms with Gasteiger partial charge in [-0.25, -0.2) is 4.79 Å². The average Bonchev–Trinajstić information content (AvgIpc) is 3.38. The minimum atomic E-state index is -0.773. The highest BCUT2D eigenvalue weighted by Crippen LogP contribution is 2.65. The van der Waals surface area contributed by atoms with Crippen LogP contribution in [0.15, 0.2) is 16.8 Å². The normalized spacial score (nSPS) is 43.7. The molecule has 8 nitrogen and oxygen atoms in total. The van der Waals surface area contributed by atoms with E-state index in [4.69, 9.17) is 9.57 Å². The van der Waals surface area contributed by atoms with Gasteiger partial charge >= 0.3 is 5.97 Å². The van der Waals surface area contributed by atoms with Gasteiger partial charge in [-0.3, -0.25) is 4.79 Å². The monoisotopic (exact) mass is 488 g/mol. The van der Waals surface area contributed by atoms with Gasteiger partial charge in [0.25, 0.3) is 5.91 Å². The van der Waals surface area contributed by atoms with Gasteiger partial charge in [-0.2, -0.15) is 0 Å². The summed E-state index contributed by atoms with van der Waals surface area (Å²) in [6.07, 6.45) is 9.99. The number of amides is 1. The van der Waals surface area contributed by atoms with Crippen LogP contribution in [-0.4, -0.2) is 71.2 Å². The van der Waals surface area contributed by atoms with E-state index in [1.165, 1.54) is 30.4 Å². The number of oxime groups is 1. The van der Waals surface area contributed by atoms with E-state index in [2.05, 4.69) is 25.1 Å². The molecule has 1 aliphatic heterocycles. The summed E-state index contributed by atoms with van der Waals surface area (Å²) in [6, 6.07) is -0.773. The quantitative estimate of drug-likeness (QED) is 0.465. The van der Waals surface area contributed by atoms with Gasteiger partial charge < -0.3 is 24.7 Å². The summed E-state index contributed by atoms with van der Waals surface area (Å²) in [5, 5.41) is 24.8. The van der Waals surface area contributed by atoms with Crippen molar-refractivity contribution < 1.29 is 29.4 Å². The van der Waals surface area contributed by atoms with E-state index in [9.17, 15) is 19.8 Å². The Bertz CT molecular complexity index is 933. The van der Waals surface area contributed by atoms with Crippen LogP contribution in [0, 0.1) is 28.6 Å². The molecule has 4 aliphatic carbocycles. The number of aliphatic hydroxyl groups excluding tert-OH is 2. The number of nitrogens with zero attached hydrogens (tertiary/aromatic N) is 2. The van der Waals surface area contributed by atoms with E-state index in [0.29, 0.717) is 17.8 Å². The first-order valence-electron chi connectivity index (χ1n) is 13.3. The number of hydrogen-bond acceptors (Lipinski definition) is 7. The molecular weight excluding hydrogens is 448 g/mol. The zero-order valence-corrected chi connectivity index (χ0v) is 21.2. The number of hydrogen-bond donors (Lipinski definition) is 2. The van der Waals surface area contributed by atoms with Crippen LogP contribution in [0.25, 0.3) is 0 Å². The molecule has 3 saturated carbocycles. The van der Waals surface area contributed by atoms with E-state index in [1.807, 2.05) is 0 Å². The Labute approximate surface area is 207 Å². The Balaban J connectivity index is 1.23. The summed E-state index contributed by atoms with van der Waals surface area (Å²) in [5.74, 6) is 1.09. The molecule has 35 heavy (non-hydrogen) atoms. The van der Waals surface area contributed by atoms with Crippen molar-refractivity contribution >= 4 is 17.6 Å². The highest BCUT2D eigenvalue weighted by Gasteiger charge is 2.58. The van der Waals surface area contributed by atoms with Crippen LogP contribution in [0.1, 0.15) is 71.6 Å². The molecule has 0 aromatic carbocycles. The van der Waals surface area contributed by atoms with Gasteiger partial charge in [0.2, 0.25) is 0 Å². The topological polar surface area (TPSA) is 109 Å². The lowest BCUT2D eigenvalue weighted by Gasteiger charge is -2.57. The highest BCUT2D eigenvalue weighted by atomic mass is 16.6. The molecular formula is C27H40N2O6. The number of β-amino-alcohol motifs (C(OH)–C–C–N with tert-alkyl or cyclic N) is 1. The summed E-state index contributed by atoms with van der Waals surface area (Å²) >= 11 is 0. The molecule has 2 N–H and O–H groups in total. The summed E-state index contributed by atoms with van der Waals surface area (Å²) in [6.45, 7) is 4.58. The van der Waals surface area contributed by atoms with Crippen molar-refractivity contribution in [2.75, 3.05) is 20.3 Å². The van der Waals surface area contributed by atoms with E-state index < -0.39 is 18.1 Å². The molecule has 0 unspecified atom stereocenters. The summed E-state index contributed by atoms with van der Waals surface area (Å²) < 4.78 is 4.76. The third kappa shape index (κ3) is 4.10. The Morgan fingerprint density at radius 1 is 1.11 bits per heavy atom. The molecule has 0 bridgehead atoms. The second-order valence-corrected chi connectivity index (χ2v) is 12.0. The van der Waals surface area contributed by atoms with Crippen molar-refractivity contribution in [3.05, 3.63) is 11.6 Å². The van der Waals surface area contributed by atoms with Crippen molar-refractivity contribution in [3.63, 3.8) is 0 Å². The van der Waals surface area contributed by atoms with E-state index in [-0.39, 0.29) is 42.4 Å². The summed E-state index contributed by atoms with van der Waals surface area (Å²) in [4.78, 5) is 31.3. The number of likely N-dealkylation sites (tertiary alicyclic amines) is 1. The summed E-state index contributed by atoms with van der Waals surface area (Å²) in [7, 11) is 1.28. The second-order valence-electron chi connectivity index (χ2n) is 12.0. The Hall–Kier alpha value is -1.93. The number of carbonyl (C=O) groups excluding carboxylic acids is 2. The SMILES string of the molecule is COC(=O)[C@@H]1C[C@H](O)CN1C(=O)CON=C1C=C2CC[C@@H]3[C@@H]4CC[C@H](O)[C@@]4(C)CC[C@@H]3[C@@]2(C)CC1. The van der Waals surface area contributed by atoms with Gasteiger partial charge in [-0.15, -0.1) is 0 Å². The van der Waals surface area contributed by atoms with Crippen LogP contribution in [0.2, 0.25) is 0 Å². The highest BCUT2D eigenvalue weighted by molar-refractivity contribution is 5.96. The first-order valence-corrected chi connectivity index (χ1v) is 13.3. The number of esters is 1. The maximum Gasteiger partial charge on any atom is 0.328 e. The van der Waals surface area contributed by atoms with E-state index in [1.54, 1.807) is 0 Å². The molecule has 4 fully saturated rings. The van der Waals surface area contributed by atoms with Crippen molar-refractivity contribution in [2.45, 2.75) is 89.9 Å². The predicted molar refractivity (Wildman–Crippen MR) is 129 cm³/mol. The smallest absolute Gasteiger partial charge is 0.328 e. The molecule has 1 amide bonds. The van der Waals surface area contributed by atoms with Crippen LogP contribution in [0.5, 0.6) is 0 Å². The Morgan fingerprint density at radius 3 is 2.69 bits per heavy atom. The molecule has 1 saturated heterocycles. The lowest BCUT2D eigenvalue weighted by molar-refractivity contribution is -0.152. The number of allylic oxidation sites excluding steroid dienone is 2. The van der Waals surface area contributed by atoms with Crippen LogP contribution >= 0.6 is 0 Å². The molecule has 5 rings (SSSR count). The number of ether oxygens (including phenoxy) is 1. The molecule has 0 radical (unpaired) electrons. The minimum absolute atomic E-state index is 0.0959. The Kier molecular flexibility index (Phi) is 6.49. The van der Waals surface area contributed by atoms with Gasteiger partial charge in [-0.05, 0) is 86.0 Å². The first-order chi connectivity index (χ1) is 16.7. The van der Waals surface area contributed by atoms with Gasteiger partial charge in [-0.1, -0.05) is 24.6 Å². The fourth-order valence-electron chi connectivity index (χ4n) is 8.32.